The van der Waals surface area contributed by atoms with Gasteiger partial charge in [-0.1, -0.05) is 19.1 Å². The minimum atomic E-state index is 0.711. The highest BCUT2D eigenvalue weighted by atomic mass is 32.2. The molecule has 2 aliphatic heterocycles. The van der Waals surface area contributed by atoms with Gasteiger partial charge in [0.1, 0.15) is 0 Å². The second-order valence-corrected chi connectivity index (χ2v) is 9.40. The number of allylic oxidation sites excluding steroid dienone is 1. The molecule has 1 aromatic carbocycles. The lowest BCUT2D eigenvalue weighted by Crippen LogP contribution is -2.49. The molecule has 30 heavy (non-hydrogen) atoms. The van der Waals surface area contributed by atoms with E-state index in [2.05, 4.69) is 33.0 Å². The number of rotatable bonds is 9. The van der Waals surface area contributed by atoms with Gasteiger partial charge < -0.3 is 15.0 Å². The summed E-state index contributed by atoms with van der Waals surface area (Å²) in [4.78, 5) is 9.37. The number of hydrogen-bond donors (Lipinski definition) is 2. The maximum atomic E-state index is 7.25. The van der Waals surface area contributed by atoms with Gasteiger partial charge in [-0.05, 0) is 44.4 Å². The smallest absolute Gasteiger partial charge is 0.173 e. The van der Waals surface area contributed by atoms with Crippen molar-refractivity contribution in [3.05, 3.63) is 34.9 Å². The van der Waals surface area contributed by atoms with Crippen LogP contribution in [0.5, 0.6) is 5.75 Å². The first-order valence-corrected chi connectivity index (χ1v) is 12.3. The summed E-state index contributed by atoms with van der Waals surface area (Å²) in [5.41, 5.74) is 2.62. The van der Waals surface area contributed by atoms with Gasteiger partial charge in [-0.2, -0.15) is 0 Å². The lowest BCUT2D eigenvalue weighted by molar-refractivity contribution is 0.146. The molecular formula is C23H35N5OS. The zero-order chi connectivity index (χ0) is 20.8. The predicted molar refractivity (Wildman–Crippen MR) is 127 cm³/mol. The number of thioether (sulfide) groups is 1. The van der Waals surface area contributed by atoms with E-state index in [9.17, 15) is 0 Å². The third-order valence-electron chi connectivity index (χ3n) is 6.51. The van der Waals surface area contributed by atoms with Crippen molar-refractivity contribution in [2.75, 3.05) is 56.6 Å². The van der Waals surface area contributed by atoms with Crippen LogP contribution in [0.3, 0.4) is 0 Å². The molecule has 0 bridgehead atoms. The van der Waals surface area contributed by atoms with Gasteiger partial charge in [0, 0.05) is 55.9 Å². The molecule has 1 fully saturated rings. The Labute approximate surface area is 185 Å². The normalized spacial score (nSPS) is 22.2. The second-order valence-electron chi connectivity index (χ2n) is 8.33. The van der Waals surface area contributed by atoms with Crippen LogP contribution in [0, 0.1) is 5.41 Å². The summed E-state index contributed by atoms with van der Waals surface area (Å²) in [6.45, 7) is 10.0. The summed E-state index contributed by atoms with van der Waals surface area (Å²) >= 11 is 2.02. The number of piperazine rings is 1. The van der Waals surface area contributed by atoms with E-state index in [0.29, 0.717) is 6.04 Å². The standard InChI is InChI=1S/C23H35N5OS/c1-2-9-27(19-7-8-20-23(16-19)30-18-25-20)13-10-26-11-14-28(15-12-26)21-5-3-4-6-22(21)29-17-24/h3-6,17,19,24-25H,2,7-16,18H2,1H3. The Morgan fingerprint density at radius 3 is 2.87 bits per heavy atom. The fraction of sp³-hybridized carbons (Fsp3) is 0.609. The van der Waals surface area contributed by atoms with Crippen LogP contribution in [0.15, 0.2) is 34.9 Å². The van der Waals surface area contributed by atoms with E-state index >= 15 is 0 Å². The molecule has 1 aliphatic carbocycles. The number of nitrogens with zero attached hydrogens (tertiary/aromatic N) is 3. The molecule has 0 spiro atoms. The second kappa shape index (κ2) is 10.6. The van der Waals surface area contributed by atoms with Crippen molar-refractivity contribution in [1.82, 2.24) is 15.1 Å². The Bertz CT molecular complexity index is 747. The van der Waals surface area contributed by atoms with Crippen LogP contribution in [0.2, 0.25) is 0 Å². The van der Waals surface area contributed by atoms with Crippen molar-refractivity contribution in [2.45, 2.75) is 38.6 Å². The monoisotopic (exact) mass is 429 g/mol. The fourth-order valence-electron chi connectivity index (χ4n) is 4.87. The molecule has 0 aromatic heterocycles. The van der Waals surface area contributed by atoms with Crippen LogP contribution >= 0.6 is 11.8 Å². The van der Waals surface area contributed by atoms with Crippen LogP contribution in [0.1, 0.15) is 32.6 Å². The molecule has 1 aromatic rings. The maximum Gasteiger partial charge on any atom is 0.173 e. The van der Waals surface area contributed by atoms with Crippen LogP contribution in [-0.2, 0) is 0 Å². The van der Waals surface area contributed by atoms with E-state index in [4.69, 9.17) is 10.1 Å². The molecule has 3 aliphatic rings. The first-order chi connectivity index (χ1) is 14.8. The molecule has 1 atom stereocenters. The first kappa shape index (κ1) is 21.5. The highest BCUT2D eigenvalue weighted by Crippen LogP contribution is 2.37. The number of ether oxygens (including phenoxy) is 1. The molecule has 7 heteroatoms. The van der Waals surface area contributed by atoms with Gasteiger partial charge in [-0.15, -0.1) is 11.8 Å². The molecule has 1 unspecified atom stereocenters. The van der Waals surface area contributed by atoms with Crippen LogP contribution < -0.4 is 15.0 Å². The molecule has 0 amide bonds. The summed E-state index contributed by atoms with van der Waals surface area (Å²) in [6.07, 6.45) is 6.00. The van der Waals surface area contributed by atoms with E-state index < -0.39 is 0 Å². The lowest BCUT2D eigenvalue weighted by Gasteiger charge is -2.39. The molecule has 0 radical (unpaired) electrons. The number of nitrogens with one attached hydrogen (secondary N) is 2. The van der Waals surface area contributed by atoms with Crippen molar-refractivity contribution in [2.24, 2.45) is 0 Å². The van der Waals surface area contributed by atoms with Gasteiger partial charge in [-0.3, -0.25) is 15.2 Å². The largest absolute Gasteiger partial charge is 0.444 e. The number of para-hydroxylation sites is 2. The van der Waals surface area contributed by atoms with Gasteiger partial charge in [0.05, 0.1) is 11.6 Å². The Kier molecular flexibility index (Phi) is 7.57. The summed E-state index contributed by atoms with van der Waals surface area (Å²) in [5, 5.41) is 10.8. The lowest BCUT2D eigenvalue weighted by atomic mass is 9.97. The molecular weight excluding hydrogens is 394 g/mol. The first-order valence-electron chi connectivity index (χ1n) is 11.3. The molecule has 2 heterocycles. The summed E-state index contributed by atoms with van der Waals surface area (Å²) < 4.78 is 5.39. The average molecular weight is 430 g/mol. The van der Waals surface area contributed by atoms with E-state index in [1.165, 1.54) is 44.5 Å². The Balaban J connectivity index is 1.27. The van der Waals surface area contributed by atoms with Crippen molar-refractivity contribution in [3.63, 3.8) is 0 Å². The predicted octanol–water partition coefficient (Wildman–Crippen LogP) is 3.56. The van der Waals surface area contributed by atoms with Crippen molar-refractivity contribution < 1.29 is 4.74 Å². The van der Waals surface area contributed by atoms with Gasteiger partial charge >= 0.3 is 0 Å². The van der Waals surface area contributed by atoms with Crippen molar-refractivity contribution in [1.29, 1.82) is 5.41 Å². The average Bonchev–Trinajstić information content (AvgIpc) is 3.26. The molecule has 6 nitrogen and oxygen atoms in total. The van der Waals surface area contributed by atoms with Gasteiger partial charge in [0.25, 0.3) is 0 Å². The minimum absolute atomic E-state index is 0.711. The molecule has 0 saturated carbocycles. The van der Waals surface area contributed by atoms with E-state index in [1.807, 2.05) is 30.0 Å². The topological polar surface area (TPSA) is 54.8 Å². The van der Waals surface area contributed by atoms with E-state index in [0.717, 1.165) is 56.4 Å². The van der Waals surface area contributed by atoms with Crippen LogP contribution in [0.25, 0.3) is 0 Å². The zero-order valence-corrected chi connectivity index (χ0v) is 18.9. The van der Waals surface area contributed by atoms with Gasteiger partial charge in [0.2, 0.25) is 0 Å². The molecule has 4 rings (SSSR count). The van der Waals surface area contributed by atoms with Gasteiger partial charge in [-0.25, -0.2) is 0 Å². The molecule has 2 N–H and O–H groups in total. The van der Waals surface area contributed by atoms with Gasteiger partial charge in [0.15, 0.2) is 12.2 Å². The highest BCUT2D eigenvalue weighted by molar-refractivity contribution is 8.03. The fourth-order valence-corrected chi connectivity index (χ4v) is 5.95. The summed E-state index contributed by atoms with van der Waals surface area (Å²) in [7, 11) is 0. The van der Waals surface area contributed by atoms with E-state index in [1.54, 1.807) is 4.91 Å². The number of benzene rings is 1. The third-order valence-corrected chi connectivity index (χ3v) is 7.56. The SMILES string of the molecule is CCCN(CCN1CCN(c2ccccc2OC=N)CC1)C1CCC2=C(C1)SCN2. The number of anilines is 1. The highest BCUT2D eigenvalue weighted by Gasteiger charge is 2.29. The summed E-state index contributed by atoms with van der Waals surface area (Å²) in [6, 6.07) is 8.76. The zero-order valence-electron chi connectivity index (χ0n) is 18.1. The maximum absolute atomic E-state index is 7.25. The number of hydrogen-bond acceptors (Lipinski definition) is 7. The molecule has 1 saturated heterocycles. The van der Waals surface area contributed by atoms with Crippen molar-refractivity contribution >= 4 is 23.8 Å². The van der Waals surface area contributed by atoms with Crippen molar-refractivity contribution in [3.8, 4) is 5.75 Å². The third kappa shape index (κ3) is 5.13. The van der Waals surface area contributed by atoms with E-state index in [-0.39, 0.29) is 0 Å². The van der Waals surface area contributed by atoms with Crippen LogP contribution in [-0.4, -0.2) is 73.9 Å². The minimum Gasteiger partial charge on any atom is -0.444 e. The van der Waals surface area contributed by atoms with Crippen LogP contribution in [0.4, 0.5) is 5.69 Å². The Morgan fingerprint density at radius 2 is 2.07 bits per heavy atom. The summed E-state index contributed by atoms with van der Waals surface area (Å²) in [5.74, 6) is 1.85. The Morgan fingerprint density at radius 1 is 1.23 bits per heavy atom. The quantitative estimate of drug-likeness (QED) is 0.462. The Hall–Kier alpha value is -1.70. The molecule has 164 valence electrons.